The van der Waals surface area contributed by atoms with Gasteiger partial charge in [0.1, 0.15) is 5.75 Å². The van der Waals surface area contributed by atoms with Crippen molar-refractivity contribution in [1.82, 2.24) is 9.80 Å². The van der Waals surface area contributed by atoms with Gasteiger partial charge in [-0.15, -0.1) is 0 Å². The smallest absolute Gasteiger partial charge is 0.241 e. The van der Waals surface area contributed by atoms with Crippen molar-refractivity contribution in [3.05, 3.63) is 42.0 Å². The van der Waals surface area contributed by atoms with Gasteiger partial charge in [0.05, 0.1) is 47.2 Å². The van der Waals surface area contributed by atoms with Gasteiger partial charge in [0.25, 0.3) is 0 Å². The zero-order valence-corrected chi connectivity index (χ0v) is 20.3. The molecule has 180 valence electrons. The third-order valence-electron chi connectivity index (χ3n) is 6.03. The average Bonchev–Trinajstić information content (AvgIpc) is 2.87. The average molecular weight is 458 g/mol. The molecule has 1 aliphatic rings. The molecule has 0 atom stereocenters. The molecule has 1 amide bonds. The standard InChI is InChI=1S/C25H35N3O5/c1-6-26-11-13-27(14-12-26)18-24(29)28(17-19-7-9-21(30-2)10-8-19)20-15-22(31-3)25(33-5)23(16-20)32-4/h7-10,15-16H,6,11-14,17-18H2,1-5H3. The minimum Gasteiger partial charge on any atom is -0.497 e. The molecular formula is C25H35N3O5. The van der Waals surface area contributed by atoms with Crippen LogP contribution in [0.1, 0.15) is 12.5 Å². The van der Waals surface area contributed by atoms with E-state index in [0.717, 1.165) is 44.0 Å². The molecule has 1 heterocycles. The first-order valence-electron chi connectivity index (χ1n) is 11.2. The van der Waals surface area contributed by atoms with Gasteiger partial charge < -0.3 is 28.7 Å². The Labute approximate surface area is 196 Å². The monoisotopic (exact) mass is 457 g/mol. The van der Waals surface area contributed by atoms with Crippen molar-refractivity contribution in [1.29, 1.82) is 0 Å². The lowest BCUT2D eigenvalue weighted by atomic mass is 10.1. The van der Waals surface area contributed by atoms with Gasteiger partial charge in [-0.3, -0.25) is 9.69 Å². The molecule has 8 nitrogen and oxygen atoms in total. The number of carbonyl (C=O) groups excluding carboxylic acids is 1. The van der Waals surface area contributed by atoms with Crippen molar-refractivity contribution in [2.45, 2.75) is 13.5 Å². The number of anilines is 1. The maximum Gasteiger partial charge on any atom is 0.241 e. The molecule has 0 aliphatic carbocycles. The number of likely N-dealkylation sites (N-methyl/N-ethyl adjacent to an activating group) is 1. The topological polar surface area (TPSA) is 63.7 Å². The first kappa shape index (κ1) is 24.7. The lowest BCUT2D eigenvalue weighted by Crippen LogP contribution is -2.49. The van der Waals surface area contributed by atoms with Gasteiger partial charge in [-0.25, -0.2) is 0 Å². The van der Waals surface area contributed by atoms with Crippen molar-refractivity contribution in [2.75, 3.05) is 72.6 Å². The first-order valence-corrected chi connectivity index (χ1v) is 11.2. The number of amides is 1. The predicted molar refractivity (Wildman–Crippen MR) is 129 cm³/mol. The fourth-order valence-electron chi connectivity index (χ4n) is 4.00. The van der Waals surface area contributed by atoms with E-state index < -0.39 is 0 Å². The van der Waals surface area contributed by atoms with E-state index in [4.69, 9.17) is 18.9 Å². The molecule has 0 unspecified atom stereocenters. The molecule has 0 spiro atoms. The van der Waals surface area contributed by atoms with Crippen molar-refractivity contribution < 1.29 is 23.7 Å². The van der Waals surface area contributed by atoms with Crippen LogP contribution in [-0.2, 0) is 11.3 Å². The highest BCUT2D eigenvalue weighted by molar-refractivity contribution is 5.95. The van der Waals surface area contributed by atoms with E-state index >= 15 is 0 Å². The summed E-state index contributed by atoms with van der Waals surface area (Å²) in [5, 5.41) is 0. The number of piperazine rings is 1. The van der Waals surface area contributed by atoms with Crippen LogP contribution in [-0.4, -0.2) is 83.4 Å². The molecule has 1 fully saturated rings. The molecule has 2 aromatic rings. The summed E-state index contributed by atoms with van der Waals surface area (Å²) in [5.41, 5.74) is 1.69. The van der Waals surface area contributed by atoms with Gasteiger partial charge in [-0.05, 0) is 24.2 Å². The third-order valence-corrected chi connectivity index (χ3v) is 6.03. The number of benzene rings is 2. The van der Waals surface area contributed by atoms with E-state index in [1.54, 1.807) is 33.3 Å². The van der Waals surface area contributed by atoms with Crippen molar-refractivity contribution >= 4 is 11.6 Å². The number of hydrogen-bond acceptors (Lipinski definition) is 7. The van der Waals surface area contributed by atoms with Crippen LogP contribution in [0.25, 0.3) is 0 Å². The Morgan fingerprint density at radius 1 is 0.848 bits per heavy atom. The molecule has 1 saturated heterocycles. The van der Waals surface area contributed by atoms with Crippen molar-refractivity contribution in [3.8, 4) is 23.0 Å². The second-order valence-corrected chi connectivity index (χ2v) is 7.92. The first-order chi connectivity index (χ1) is 16.0. The van der Waals surface area contributed by atoms with Crippen LogP contribution in [0.3, 0.4) is 0 Å². The number of carbonyl (C=O) groups is 1. The summed E-state index contributed by atoms with van der Waals surface area (Å²) < 4.78 is 21.8. The summed E-state index contributed by atoms with van der Waals surface area (Å²) in [5.74, 6) is 2.31. The Hall–Kier alpha value is -2.97. The van der Waals surface area contributed by atoms with E-state index in [1.807, 2.05) is 36.4 Å². The molecule has 8 heteroatoms. The number of methoxy groups -OCH3 is 4. The van der Waals surface area contributed by atoms with E-state index in [1.165, 1.54) is 0 Å². The predicted octanol–water partition coefficient (Wildman–Crippen LogP) is 2.89. The van der Waals surface area contributed by atoms with Crippen molar-refractivity contribution in [2.24, 2.45) is 0 Å². The van der Waals surface area contributed by atoms with Crippen LogP contribution in [0.15, 0.2) is 36.4 Å². The number of rotatable bonds is 10. The third kappa shape index (κ3) is 6.09. The molecule has 2 aromatic carbocycles. The highest BCUT2D eigenvalue weighted by Gasteiger charge is 2.25. The minimum atomic E-state index is 0.0186. The molecule has 0 N–H and O–H groups in total. The van der Waals surface area contributed by atoms with Crippen molar-refractivity contribution in [3.63, 3.8) is 0 Å². The van der Waals surface area contributed by atoms with E-state index in [9.17, 15) is 4.79 Å². The van der Waals surface area contributed by atoms with Crippen LogP contribution in [0.4, 0.5) is 5.69 Å². The molecular weight excluding hydrogens is 422 g/mol. The van der Waals surface area contributed by atoms with Crippen LogP contribution in [0, 0.1) is 0 Å². The molecule has 0 radical (unpaired) electrons. The number of nitrogens with zero attached hydrogens (tertiary/aromatic N) is 3. The van der Waals surface area contributed by atoms with E-state index in [0.29, 0.717) is 36.0 Å². The highest BCUT2D eigenvalue weighted by atomic mass is 16.5. The van der Waals surface area contributed by atoms with Gasteiger partial charge in [-0.1, -0.05) is 19.1 Å². The Balaban J connectivity index is 1.90. The maximum atomic E-state index is 13.6. The van der Waals surface area contributed by atoms with Gasteiger partial charge in [0.2, 0.25) is 11.7 Å². The second-order valence-electron chi connectivity index (χ2n) is 7.92. The zero-order chi connectivity index (χ0) is 23.8. The molecule has 0 aromatic heterocycles. The Morgan fingerprint density at radius 2 is 1.42 bits per heavy atom. The normalized spacial score (nSPS) is 14.6. The van der Waals surface area contributed by atoms with E-state index in [-0.39, 0.29) is 5.91 Å². The van der Waals surface area contributed by atoms with Crippen LogP contribution < -0.4 is 23.8 Å². The summed E-state index contributed by atoms with van der Waals surface area (Å²) in [6.07, 6.45) is 0. The summed E-state index contributed by atoms with van der Waals surface area (Å²) >= 11 is 0. The second kappa shape index (κ2) is 11.8. The van der Waals surface area contributed by atoms with Gasteiger partial charge >= 0.3 is 0 Å². The summed E-state index contributed by atoms with van der Waals surface area (Å²) in [6, 6.07) is 11.4. The summed E-state index contributed by atoms with van der Waals surface area (Å²) in [7, 11) is 6.35. The van der Waals surface area contributed by atoms with Gasteiger partial charge in [-0.2, -0.15) is 0 Å². The van der Waals surface area contributed by atoms with Crippen LogP contribution in [0.2, 0.25) is 0 Å². The lowest BCUT2D eigenvalue weighted by Gasteiger charge is -2.35. The number of hydrogen-bond donors (Lipinski definition) is 0. The molecule has 0 bridgehead atoms. The minimum absolute atomic E-state index is 0.0186. The molecule has 0 saturated carbocycles. The Bertz CT molecular complexity index is 886. The van der Waals surface area contributed by atoms with Crippen LogP contribution in [0.5, 0.6) is 23.0 Å². The maximum absolute atomic E-state index is 13.6. The Kier molecular flexibility index (Phi) is 8.79. The largest absolute Gasteiger partial charge is 0.497 e. The van der Waals surface area contributed by atoms with E-state index in [2.05, 4.69) is 16.7 Å². The quantitative estimate of drug-likeness (QED) is 0.544. The lowest BCUT2D eigenvalue weighted by molar-refractivity contribution is -0.120. The fraction of sp³-hybridized carbons (Fsp3) is 0.480. The highest BCUT2D eigenvalue weighted by Crippen LogP contribution is 2.41. The SMILES string of the molecule is CCN1CCN(CC(=O)N(Cc2ccc(OC)cc2)c2cc(OC)c(OC)c(OC)c2)CC1. The van der Waals surface area contributed by atoms with Gasteiger partial charge in [0, 0.05) is 38.3 Å². The zero-order valence-electron chi connectivity index (χ0n) is 20.3. The summed E-state index contributed by atoms with van der Waals surface area (Å²) in [4.78, 5) is 20.0. The van der Waals surface area contributed by atoms with Crippen LogP contribution >= 0.6 is 0 Å². The number of ether oxygens (including phenoxy) is 4. The Morgan fingerprint density at radius 3 is 1.91 bits per heavy atom. The molecule has 3 rings (SSSR count). The van der Waals surface area contributed by atoms with Gasteiger partial charge in [0.15, 0.2) is 11.5 Å². The molecule has 1 aliphatic heterocycles. The molecule has 33 heavy (non-hydrogen) atoms. The summed E-state index contributed by atoms with van der Waals surface area (Å²) in [6.45, 7) is 7.69. The fourth-order valence-corrected chi connectivity index (χ4v) is 4.00.